The first-order chi connectivity index (χ1) is 8.50. The summed E-state index contributed by atoms with van der Waals surface area (Å²) in [6.45, 7) is 10.5. The maximum Gasteiger partial charge on any atom is 0.0644 e. The molecule has 1 aliphatic rings. The van der Waals surface area contributed by atoms with Crippen molar-refractivity contribution in [2.45, 2.75) is 46.3 Å². The lowest BCUT2D eigenvalue weighted by molar-refractivity contribution is 0.105. The summed E-state index contributed by atoms with van der Waals surface area (Å²) >= 11 is 0. The third-order valence-electron chi connectivity index (χ3n) is 4.22. The molecule has 1 fully saturated rings. The summed E-state index contributed by atoms with van der Waals surface area (Å²) < 4.78 is 7.56. The van der Waals surface area contributed by atoms with Gasteiger partial charge in [0, 0.05) is 37.5 Å². The van der Waals surface area contributed by atoms with Crippen molar-refractivity contribution < 1.29 is 4.74 Å². The number of hydrogen-bond acceptors (Lipinski definition) is 3. The summed E-state index contributed by atoms with van der Waals surface area (Å²) in [6.07, 6.45) is 1.56. The van der Waals surface area contributed by atoms with Gasteiger partial charge in [-0.15, -0.1) is 0 Å². The quantitative estimate of drug-likeness (QED) is 0.891. The molecule has 2 rings (SSSR count). The van der Waals surface area contributed by atoms with Crippen LogP contribution >= 0.6 is 0 Å². The summed E-state index contributed by atoms with van der Waals surface area (Å²) in [7, 11) is 2.01. The Labute approximate surface area is 110 Å². The fourth-order valence-corrected chi connectivity index (χ4v) is 2.89. The van der Waals surface area contributed by atoms with Gasteiger partial charge in [-0.25, -0.2) is 0 Å². The molecule has 0 radical (unpaired) electrons. The highest BCUT2D eigenvalue weighted by atomic mass is 16.5. The molecule has 1 N–H and O–H groups in total. The maximum atomic E-state index is 5.60. The van der Waals surface area contributed by atoms with Crippen molar-refractivity contribution in [1.29, 1.82) is 0 Å². The Kier molecular flexibility index (Phi) is 4.07. The summed E-state index contributed by atoms with van der Waals surface area (Å²) in [5.41, 5.74) is 3.72. The van der Waals surface area contributed by atoms with Gasteiger partial charge in [0.25, 0.3) is 0 Å². The zero-order valence-corrected chi connectivity index (χ0v) is 12.2. The third kappa shape index (κ3) is 2.59. The van der Waals surface area contributed by atoms with E-state index in [1.165, 1.54) is 17.7 Å². The smallest absolute Gasteiger partial charge is 0.0644 e. The molecule has 102 valence electrons. The highest BCUT2D eigenvalue weighted by Crippen LogP contribution is 2.23. The first-order valence-corrected chi connectivity index (χ1v) is 6.85. The Hall–Kier alpha value is -0.870. The molecule has 1 saturated heterocycles. The van der Waals surface area contributed by atoms with Gasteiger partial charge < -0.3 is 10.1 Å². The highest BCUT2D eigenvalue weighted by Gasteiger charge is 2.25. The Morgan fingerprint density at radius 2 is 2.22 bits per heavy atom. The molecule has 0 bridgehead atoms. The van der Waals surface area contributed by atoms with E-state index < -0.39 is 0 Å². The second-order valence-corrected chi connectivity index (χ2v) is 5.46. The van der Waals surface area contributed by atoms with Crippen LogP contribution in [0, 0.1) is 19.8 Å². The van der Waals surface area contributed by atoms with E-state index in [9.17, 15) is 0 Å². The van der Waals surface area contributed by atoms with Crippen molar-refractivity contribution in [2.24, 2.45) is 13.0 Å². The first-order valence-electron chi connectivity index (χ1n) is 6.85. The molecule has 0 saturated carbocycles. The number of nitrogens with zero attached hydrogens (tertiary/aromatic N) is 2. The van der Waals surface area contributed by atoms with Gasteiger partial charge in [0.2, 0.25) is 0 Å². The van der Waals surface area contributed by atoms with Crippen molar-refractivity contribution in [3.05, 3.63) is 17.0 Å². The molecule has 0 amide bonds. The highest BCUT2D eigenvalue weighted by molar-refractivity contribution is 5.27. The predicted molar refractivity (Wildman–Crippen MR) is 72.6 cm³/mol. The number of ether oxygens (including phenoxy) is 1. The summed E-state index contributed by atoms with van der Waals surface area (Å²) in [4.78, 5) is 0. The monoisotopic (exact) mass is 251 g/mol. The molecular weight excluding hydrogens is 226 g/mol. The molecule has 3 unspecified atom stereocenters. The molecule has 0 aliphatic carbocycles. The van der Waals surface area contributed by atoms with Gasteiger partial charge in [0.05, 0.1) is 11.8 Å². The Balaban J connectivity index is 1.97. The molecule has 2 heterocycles. The van der Waals surface area contributed by atoms with E-state index in [0.717, 1.165) is 18.8 Å². The van der Waals surface area contributed by atoms with Gasteiger partial charge >= 0.3 is 0 Å². The van der Waals surface area contributed by atoms with Crippen LogP contribution in [0.3, 0.4) is 0 Å². The van der Waals surface area contributed by atoms with E-state index in [2.05, 4.69) is 38.1 Å². The standard InChI is InChI=1S/C14H25N3O/c1-9(14-10(2)16-17(5)11(14)3)15-8-13-6-7-18-12(13)4/h9,12-13,15H,6-8H2,1-5H3. The van der Waals surface area contributed by atoms with Crippen LogP contribution in [0.4, 0.5) is 0 Å². The van der Waals surface area contributed by atoms with Gasteiger partial charge in [-0.05, 0) is 40.0 Å². The second-order valence-electron chi connectivity index (χ2n) is 5.46. The zero-order chi connectivity index (χ0) is 13.3. The number of aromatic nitrogens is 2. The van der Waals surface area contributed by atoms with Crippen LogP contribution in [0.1, 0.15) is 43.3 Å². The Morgan fingerprint density at radius 1 is 1.50 bits per heavy atom. The van der Waals surface area contributed by atoms with Gasteiger partial charge in [-0.2, -0.15) is 5.10 Å². The van der Waals surface area contributed by atoms with Crippen LogP contribution in [0.25, 0.3) is 0 Å². The van der Waals surface area contributed by atoms with Gasteiger partial charge in [-0.3, -0.25) is 4.68 Å². The molecule has 1 aromatic rings. The van der Waals surface area contributed by atoms with E-state index >= 15 is 0 Å². The summed E-state index contributed by atoms with van der Waals surface area (Å²) in [6, 6.07) is 0.353. The molecule has 0 aromatic carbocycles. The topological polar surface area (TPSA) is 39.1 Å². The molecule has 3 atom stereocenters. The lowest BCUT2D eigenvalue weighted by Gasteiger charge is -2.19. The molecule has 1 aromatic heterocycles. The van der Waals surface area contributed by atoms with Crippen LogP contribution < -0.4 is 5.32 Å². The molecular formula is C14H25N3O. The fraction of sp³-hybridized carbons (Fsp3) is 0.786. The SMILES string of the molecule is Cc1nn(C)c(C)c1C(C)NCC1CCOC1C. The average Bonchev–Trinajstić information content (AvgIpc) is 2.81. The minimum absolute atomic E-state index is 0.353. The predicted octanol–water partition coefficient (Wildman–Crippen LogP) is 2.11. The van der Waals surface area contributed by atoms with E-state index in [1.807, 2.05) is 11.7 Å². The average molecular weight is 251 g/mol. The number of rotatable bonds is 4. The van der Waals surface area contributed by atoms with Gasteiger partial charge in [0.15, 0.2) is 0 Å². The lowest BCUT2D eigenvalue weighted by Crippen LogP contribution is -2.29. The summed E-state index contributed by atoms with van der Waals surface area (Å²) in [5.74, 6) is 0.643. The third-order valence-corrected chi connectivity index (χ3v) is 4.22. The Bertz CT molecular complexity index is 413. The fourth-order valence-electron chi connectivity index (χ4n) is 2.89. The molecule has 18 heavy (non-hydrogen) atoms. The van der Waals surface area contributed by atoms with Crippen LogP contribution in [0.15, 0.2) is 0 Å². The minimum Gasteiger partial charge on any atom is -0.378 e. The number of hydrogen-bond donors (Lipinski definition) is 1. The normalized spacial score (nSPS) is 25.6. The van der Waals surface area contributed by atoms with Crippen molar-refractivity contribution in [2.75, 3.05) is 13.2 Å². The van der Waals surface area contributed by atoms with Crippen molar-refractivity contribution in [3.8, 4) is 0 Å². The molecule has 4 heteroatoms. The number of aryl methyl sites for hydroxylation is 2. The van der Waals surface area contributed by atoms with Crippen molar-refractivity contribution >= 4 is 0 Å². The van der Waals surface area contributed by atoms with E-state index in [1.54, 1.807) is 0 Å². The van der Waals surface area contributed by atoms with Gasteiger partial charge in [0.1, 0.15) is 0 Å². The number of nitrogens with one attached hydrogen (secondary N) is 1. The summed E-state index contributed by atoms with van der Waals surface area (Å²) in [5, 5.41) is 8.11. The zero-order valence-electron chi connectivity index (χ0n) is 12.2. The van der Waals surface area contributed by atoms with E-state index in [0.29, 0.717) is 18.1 Å². The second kappa shape index (κ2) is 5.41. The van der Waals surface area contributed by atoms with E-state index in [-0.39, 0.29) is 0 Å². The van der Waals surface area contributed by atoms with Crippen LogP contribution in [-0.4, -0.2) is 29.0 Å². The van der Waals surface area contributed by atoms with Crippen LogP contribution in [-0.2, 0) is 11.8 Å². The molecule has 4 nitrogen and oxygen atoms in total. The largest absolute Gasteiger partial charge is 0.378 e. The van der Waals surface area contributed by atoms with E-state index in [4.69, 9.17) is 4.74 Å². The lowest BCUT2D eigenvalue weighted by atomic mass is 10.0. The minimum atomic E-state index is 0.353. The Morgan fingerprint density at radius 3 is 2.72 bits per heavy atom. The van der Waals surface area contributed by atoms with Crippen molar-refractivity contribution in [3.63, 3.8) is 0 Å². The first kappa shape index (κ1) is 13.6. The molecule has 1 aliphatic heterocycles. The van der Waals surface area contributed by atoms with Crippen LogP contribution in [0.5, 0.6) is 0 Å². The van der Waals surface area contributed by atoms with Gasteiger partial charge in [-0.1, -0.05) is 0 Å². The maximum absolute atomic E-state index is 5.60. The molecule has 0 spiro atoms. The van der Waals surface area contributed by atoms with Crippen LogP contribution in [0.2, 0.25) is 0 Å². The van der Waals surface area contributed by atoms with Crippen molar-refractivity contribution in [1.82, 2.24) is 15.1 Å².